The normalized spacial score (nSPS) is 18.4. The van der Waals surface area contributed by atoms with E-state index in [1.807, 2.05) is 0 Å². The Kier molecular flexibility index (Phi) is 5.37. The highest BCUT2D eigenvalue weighted by Gasteiger charge is 2.22. The number of aromatic nitrogens is 2. The lowest BCUT2D eigenvalue weighted by atomic mass is 9.97. The highest BCUT2D eigenvalue weighted by Crippen LogP contribution is 2.33. The summed E-state index contributed by atoms with van der Waals surface area (Å²) in [6.07, 6.45) is 11.9. The smallest absolute Gasteiger partial charge is 0.263 e. The first-order valence-corrected chi connectivity index (χ1v) is 10.7. The number of hydrogen-bond acceptors (Lipinski definition) is 5. The van der Waals surface area contributed by atoms with E-state index in [1.54, 1.807) is 15.9 Å². The Labute approximate surface area is 158 Å². The summed E-state index contributed by atoms with van der Waals surface area (Å²) in [4.78, 5) is 20.2. The molecule has 2 aromatic rings. The molecule has 0 aromatic carbocycles. The molecular weight excluding hydrogens is 344 g/mol. The molecule has 0 aliphatic heterocycles. The van der Waals surface area contributed by atoms with Crippen molar-refractivity contribution in [2.24, 2.45) is 0 Å². The maximum Gasteiger partial charge on any atom is 0.263 e. The fraction of sp³-hybridized carbons (Fsp3) is 0.650. The van der Waals surface area contributed by atoms with E-state index in [0.29, 0.717) is 18.4 Å². The average molecular weight is 371 g/mol. The van der Waals surface area contributed by atoms with Gasteiger partial charge in [-0.15, -0.1) is 11.3 Å². The zero-order valence-electron chi connectivity index (χ0n) is 15.2. The van der Waals surface area contributed by atoms with Gasteiger partial charge in [0.25, 0.3) is 5.56 Å². The van der Waals surface area contributed by atoms with E-state index in [0.717, 1.165) is 29.5 Å². The van der Waals surface area contributed by atoms with Crippen molar-refractivity contribution in [2.45, 2.75) is 83.3 Å². The number of fused-ring (bicyclic) bond motifs is 3. The Morgan fingerprint density at radius 1 is 1.15 bits per heavy atom. The summed E-state index contributed by atoms with van der Waals surface area (Å²) < 4.78 is 1.59. The third-order valence-electron chi connectivity index (χ3n) is 5.79. The minimum atomic E-state index is -0.0198. The SMILES string of the molecule is N#CCn1c(CNC2CCCCCC2)nc2sc3c(c2c1=O)CCCC3. The van der Waals surface area contributed by atoms with Gasteiger partial charge in [0.15, 0.2) is 0 Å². The molecule has 1 fully saturated rings. The van der Waals surface area contributed by atoms with Gasteiger partial charge < -0.3 is 5.32 Å². The summed E-state index contributed by atoms with van der Waals surface area (Å²) in [6, 6.07) is 2.65. The van der Waals surface area contributed by atoms with Gasteiger partial charge in [0.05, 0.1) is 18.0 Å². The van der Waals surface area contributed by atoms with Crippen LogP contribution in [0, 0.1) is 11.3 Å². The zero-order chi connectivity index (χ0) is 17.9. The monoisotopic (exact) mass is 370 g/mol. The maximum atomic E-state index is 13.1. The summed E-state index contributed by atoms with van der Waals surface area (Å²) in [5.41, 5.74) is 1.18. The molecule has 5 nitrogen and oxygen atoms in total. The van der Waals surface area contributed by atoms with Crippen molar-refractivity contribution < 1.29 is 0 Å². The Hall–Kier alpha value is -1.71. The molecule has 0 radical (unpaired) electrons. The van der Waals surface area contributed by atoms with Gasteiger partial charge >= 0.3 is 0 Å². The minimum absolute atomic E-state index is 0.0198. The van der Waals surface area contributed by atoms with Crippen molar-refractivity contribution in [1.82, 2.24) is 14.9 Å². The number of rotatable bonds is 4. The molecule has 0 amide bonds. The van der Waals surface area contributed by atoms with Crippen LogP contribution in [0.15, 0.2) is 4.79 Å². The van der Waals surface area contributed by atoms with Crippen LogP contribution < -0.4 is 10.9 Å². The second-order valence-electron chi connectivity index (χ2n) is 7.54. The van der Waals surface area contributed by atoms with E-state index in [-0.39, 0.29) is 12.1 Å². The van der Waals surface area contributed by atoms with Crippen molar-refractivity contribution in [2.75, 3.05) is 0 Å². The van der Waals surface area contributed by atoms with Crippen molar-refractivity contribution >= 4 is 21.6 Å². The average Bonchev–Trinajstić information content (AvgIpc) is 2.83. The van der Waals surface area contributed by atoms with E-state index in [4.69, 9.17) is 4.98 Å². The van der Waals surface area contributed by atoms with Crippen LogP contribution in [-0.2, 0) is 25.9 Å². The number of thiophene rings is 1. The van der Waals surface area contributed by atoms with E-state index in [9.17, 15) is 10.1 Å². The number of nitrogens with one attached hydrogen (secondary N) is 1. The Balaban J connectivity index is 1.68. The molecular formula is C20H26N4OS. The van der Waals surface area contributed by atoms with Gasteiger partial charge in [0.2, 0.25) is 0 Å². The number of nitriles is 1. The first-order valence-electron chi connectivity index (χ1n) is 9.92. The first kappa shape index (κ1) is 17.7. The molecule has 0 spiro atoms. The topological polar surface area (TPSA) is 70.7 Å². The van der Waals surface area contributed by atoms with Gasteiger partial charge in [0.1, 0.15) is 17.2 Å². The van der Waals surface area contributed by atoms with Crippen LogP contribution in [0.4, 0.5) is 0 Å². The molecule has 4 rings (SSSR count). The van der Waals surface area contributed by atoms with E-state index < -0.39 is 0 Å². The lowest BCUT2D eigenvalue weighted by Crippen LogP contribution is -2.33. The quantitative estimate of drug-likeness (QED) is 0.834. The predicted molar refractivity (Wildman–Crippen MR) is 104 cm³/mol. The molecule has 0 unspecified atom stereocenters. The fourth-order valence-corrected chi connectivity index (χ4v) is 5.64. The first-order chi connectivity index (χ1) is 12.8. The van der Waals surface area contributed by atoms with E-state index >= 15 is 0 Å². The Bertz CT molecular complexity index is 884. The third-order valence-corrected chi connectivity index (χ3v) is 6.97. The molecule has 2 aliphatic carbocycles. The van der Waals surface area contributed by atoms with Gasteiger partial charge in [-0.3, -0.25) is 9.36 Å². The number of hydrogen-bond donors (Lipinski definition) is 1. The van der Waals surface area contributed by atoms with Gasteiger partial charge in [-0.2, -0.15) is 5.26 Å². The molecule has 0 atom stereocenters. The number of aryl methyl sites for hydroxylation is 2. The third kappa shape index (κ3) is 3.43. The molecule has 1 N–H and O–H groups in total. The van der Waals surface area contributed by atoms with Crippen LogP contribution in [-0.4, -0.2) is 15.6 Å². The van der Waals surface area contributed by atoms with Crippen LogP contribution in [0.25, 0.3) is 10.2 Å². The van der Waals surface area contributed by atoms with E-state index in [2.05, 4.69) is 11.4 Å². The highest BCUT2D eigenvalue weighted by atomic mass is 32.1. The number of nitrogens with zero attached hydrogens (tertiary/aromatic N) is 3. The Morgan fingerprint density at radius 2 is 1.92 bits per heavy atom. The van der Waals surface area contributed by atoms with E-state index in [1.165, 1.54) is 55.4 Å². The maximum absolute atomic E-state index is 13.1. The molecule has 26 heavy (non-hydrogen) atoms. The van der Waals surface area contributed by atoms with Crippen molar-refractivity contribution in [1.29, 1.82) is 5.26 Å². The van der Waals surface area contributed by atoms with Crippen LogP contribution in [0.5, 0.6) is 0 Å². The van der Waals surface area contributed by atoms with Gasteiger partial charge in [-0.25, -0.2) is 4.98 Å². The van der Waals surface area contributed by atoms with Gasteiger partial charge in [-0.1, -0.05) is 25.7 Å². The van der Waals surface area contributed by atoms with Crippen LogP contribution in [0.1, 0.15) is 67.6 Å². The summed E-state index contributed by atoms with van der Waals surface area (Å²) in [5.74, 6) is 0.715. The van der Waals surface area contributed by atoms with Crippen LogP contribution in [0.3, 0.4) is 0 Å². The predicted octanol–water partition coefficient (Wildman–Crippen LogP) is 3.67. The van der Waals surface area contributed by atoms with Crippen LogP contribution >= 0.6 is 11.3 Å². The van der Waals surface area contributed by atoms with Crippen molar-refractivity contribution in [3.63, 3.8) is 0 Å². The molecule has 138 valence electrons. The van der Waals surface area contributed by atoms with Crippen molar-refractivity contribution in [3.05, 3.63) is 26.6 Å². The minimum Gasteiger partial charge on any atom is -0.307 e. The molecule has 0 bridgehead atoms. The summed E-state index contributed by atoms with van der Waals surface area (Å²) in [7, 11) is 0. The summed E-state index contributed by atoms with van der Waals surface area (Å²) in [5, 5.41) is 13.6. The molecule has 2 aromatic heterocycles. The standard InChI is InChI=1S/C20H26N4OS/c21-11-12-24-17(13-22-14-7-3-1-2-4-8-14)23-19-18(20(24)25)15-9-5-6-10-16(15)26-19/h14,22H,1-10,12-13H2. The lowest BCUT2D eigenvalue weighted by molar-refractivity contribution is 0.445. The molecule has 2 heterocycles. The largest absolute Gasteiger partial charge is 0.307 e. The molecule has 0 saturated heterocycles. The molecule has 2 aliphatic rings. The fourth-order valence-electron chi connectivity index (χ4n) is 4.37. The summed E-state index contributed by atoms with van der Waals surface area (Å²) in [6.45, 7) is 0.647. The van der Waals surface area contributed by atoms with Crippen molar-refractivity contribution in [3.8, 4) is 6.07 Å². The second kappa shape index (κ2) is 7.89. The Morgan fingerprint density at radius 3 is 2.69 bits per heavy atom. The lowest BCUT2D eigenvalue weighted by Gasteiger charge is -2.17. The van der Waals surface area contributed by atoms with Gasteiger partial charge in [-0.05, 0) is 44.1 Å². The summed E-state index contributed by atoms with van der Waals surface area (Å²) >= 11 is 1.68. The zero-order valence-corrected chi connectivity index (χ0v) is 16.0. The molecule has 6 heteroatoms. The van der Waals surface area contributed by atoms with Gasteiger partial charge in [0, 0.05) is 10.9 Å². The molecule has 1 saturated carbocycles. The second-order valence-corrected chi connectivity index (χ2v) is 8.62. The highest BCUT2D eigenvalue weighted by molar-refractivity contribution is 7.18. The van der Waals surface area contributed by atoms with Crippen LogP contribution in [0.2, 0.25) is 0 Å².